The summed E-state index contributed by atoms with van der Waals surface area (Å²) < 4.78 is 4.94. The molecule has 1 saturated carbocycles. The molecule has 0 bridgehead atoms. The van der Waals surface area contributed by atoms with Crippen molar-refractivity contribution >= 4 is 29.2 Å². The predicted molar refractivity (Wildman–Crippen MR) is 82.4 cm³/mol. The topological polar surface area (TPSA) is 26.3 Å². The van der Waals surface area contributed by atoms with Gasteiger partial charge in [0.25, 0.3) is 0 Å². The van der Waals surface area contributed by atoms with Gasteiger partial charge in [0.05, 0.1) is 17.9 Å². The van der Waals surface area contributed by atoms with Gasteiger partial charge in [0, 0.05) is 5.02 Å². The summed E-state index contributed by atoms with van der Waals surface area (Å²) in [5.41, 5.74) is 1.86. The van der Waals surface area contributed by atoms with Gasteiger partial charge in [0.15, 0.2) is 0 Å². The van der Waals surface area contributed by atoms with Crippen molar-refractivity contribution in [3.8, 4) is 0 Å². The van der Waals surface area contributed by atoms with Crippen LogP contribution in [0.1, 0.15) is 50.2 Å². The molecule has 0 saturated heterocycles. The molecule has 0 unspecified atom stereocenters. The Morgan fingerprint density at radius 3 is 2.60 bits per heavy atom. The van der Waals surface area contributed by atoms with Gasteiger partial charge < -0.3 is 4.74 Å². The maximum Gasteiger partial charge on any atom is 0.310 e. The van der Waals surface area contributed by atoms with E-state index in [2.05, 4.69) is 0 Å². The number of hydrogen-bond donors (Lipinski definition) is 0. The minimum absolute atomic E-state index is 0.227. The van der Waals surface area contributed by atoms with Gasteiger partial charge in [-0.25, -0.2) is 0 Å². The van der Waals surface area contributed by atoms with Gasteiger partial charge in [-0.3, -0.25) is 4.79 Å². The fourth-order valence-electron chi connectivity index (χ4n) is 2.79. The highest BCUT2D eigenvalue weighted by Gasteiger charge is 2.33. The smallest absolute Gasteiger partial charge is 0.310 e. The molecule has 4 heteroatoms. The van der Waals surface area contributed by atoms with E-state index in [0.717, 1.165) is 36.8 Å². The highest BCUT2D eigenvalue weighted by Crippen LogP contribution is 2.45. The summed E-state index contributed by atoms with van der Waals surface area (Å²) in [5, 5.41) is 0.656. The van der Waals surface area contributed by atoms with Gasteiger partial charge in [-0.2, -0.15) is 0 Å². The summed E-state index contributed by atoms with van der Waals surface area (Å²) in [7, 11) is 0. The van der Waals surface area contributed by atoms with E-state index in [-0.39, 0.29) is 17.3 Å². The Morgan fingerprint density at radius 2 is 2.00 bits per heavy atom. The SMILES string of the molecule is CCOC(=O)Cc1ccc(C2(Cl)CCCCC2)c(Cl)c1. The molecule has 0 radical (unpaired) electrons. The Hall–Kier alpha value is -0.730. The lowest BCUT2D eigenvalue weighted by molar-refractivity contribution is -0.142. The number of carbonyl (C=O) groups is 1. The number of carbonyl (C=O) groups excluding carboxylic acids is 1. The molecule has 0 aromatic heterocycles. The third-order valence-electron chi connectivity index (χ3n) is 3.82. The average molecular weight is 315 g/mol. The molecule has 110 valence electrons. The predicted octanol–water partition coefficient (Wildman–Crippen LogP) is 4.84. The normalized spacial score (nSPS) is 17.8. The molecule has 0 N–H and O–H groups in total. The lowest BCUT2D eigenvalue weighted by atomic mass is 9.83. The van der Waals surface area contributed by atoms with Gasteiger partial charge in [0.2, 0.25) is 0 Å². The Balaban J connectivity index is 2.15. The van der Waals surface area contributed by atoms with Gasteiger partial charge in [-0.1, -0.05) is 43.0 Å². The highest BCUT2D eigenvalue weighted by molar-refractivity contribution is 6.33. The maximum atomic E-state index is 11.5. The number of esters is 1. The molecule has 20 heavy (non-hydrogen) atoms. The van der Waals surface area contributed by atoms with Crippen molar-refractivity contribution in [2.24, 2.45) is 0 Å². The minimum atomic E-state index is -0.336. The number of ether oxygens (including phenoxy) is 1. The van der Waals surface area contributed by atoms with Crippen LogP contribution in [0.3, 0.4) is 0 Å². The van der Waals surface area contributed by atoms with Crippen molar-refractivity contribution in [2.75, 3.05) is 6.61 Å². The van der Waals surface area contributed by atoms with Crippen molar-refractivity contribution in [1.29, 1.82) is 0 Å². The van der Waals surface area contributed by atoms with Crippen LogP contribution in [0.15, 0.2) is 18.2 Å². The van der Waals surface area contributed by atoms with Crippen LogP contribution in [-0.2, 0) is 20.8 Å². The molecule has 1 aliphatic rings. The fraction of sp³-hybridized carbons (Fsp3) is 0.562. The number of halogens is 2. The number of rotatable bonds is 4. The second-order valence-electron chi connectivity index (χ2n) is 5.32. The molecular weight excluding hydrogens is 295 g/mol. The van der Waals surface area contributed by atoms with Crippen molar-refractivity contribution in [1.82, 2.24) is 0 Å². The molecule has 1 aliphatic carbocycles. The zero-order valence-corrected chi connectivity index (χ0v) is 13.3. The summed E-state index contributed by atoms with van der Waals surface area (Å²) in [6.45, 7) is 2.20. The third kappa shape index (κ3) is 3.67. The second-order valence-corrected chi connectivity index (χ2v) is 6.45. The average Bonchev–Trinajstić information content (AvgIpc) is 2.39. The molecular formula is C16H20Cl2O2. The molecule has 2 nitrogen and oxygen atoms in total. The van der Waals surface area contributed by atoms with Crippen LogP contribution in [-0.4, -0.2) is 12.6 Å². The lowest BCUT2D eigenvalue weighted by Crippen LogP contribution is -2.22. The first-order chi connectivity index (χ1) is 9.55. The van der Waals surface area contributed by atoms with E-state index in [4.69, 9.17) is 27.9 Å². The van der Waals surface area contributed by atoms with E-state index in [1.54, 1.807) is 6.92 Å². The maximum absolute atomic E-state index is 11.5. The zero-order chi connectivity index (χ0) is 14.6. The first kappa shape index (κ1) is 15.7. The number of hydrogen-bond acceptors (Lipinski definition) is 2. The van der Waals surface area contributed by atoms with E-state index < -0.39 is 0 Å². The Kier molecular flexibility index (Phi) is 5.34. The van der Waals surface area contributed by atoms with Crippen LogP contribution in [0.5, 0.6) is 0 Å². The van der Waals surface area contributed by atoms with Crippen LogP contribution < -0.4 is 0 Å². The summed E-state index contributed by atoms with van der Waals surface area (Å²) in [5.74, 6) is -0.227. The largest absolute Gasteiger partial charge is 0.466 e. The summed E-state index contributed by atoms with van der Waals surface area (Å²) in [6.07, 6.45) is 5.71. The molecule has 0 spiro atoms. The first-order valence-corrected chi connectivity index (χ1v) is 7.94. The van der Waals surface area contributed by atoms with Crippen molar-refractivity contribution < 1.29 is 9.53 Å². The summed E-state index contributed by atoms with van der Waals surface area (Å²) in [6, 6.07) is 5.73. The molecule has 1 aromatic carbocycles. The molecule has 2 rings (SSSR count). The van der Waals surface area contributed by atoms with E-state index in [0.29, 0.717) is 11.6 Å². The highest BCUT2D eigenvalue weighted by atomic mass is 35.5. The molecule has 0 aliphatic heterocycles. The van der Waals surface area contributed by atoms with Crippen LogP contribution >= 0.6 is 23.2 Å². The second kappa shape index (κ2) is 6.82. The summed E-state index contributed by atoms with van der Waals surface area (Å²) >= 11 is 13.1. The van der Waals surface area contributed by atoms with Gasteiger partial charge in [0.1, 0.15) is 0 Å². The first-order valence-electron chi connectivity index (χ1n) is 7.18. The Labute approximate surface area is 130 Å². The standard InChI is InChI=1S/C16H20Cl2O2/c1-2-20-15(19)11-12-6-7-13(14(17)10-12)16(18)8-4-3-5-9-16/h6-7,10H,2-5,8-9,11H2,1H3. The summed E-state index contributed by atoms with van der Waals surface area (Å²) in [4.78, 5) is 11.1. The van der Waals surface area contributed by atoms with E-state index in [9.17, 15) is 4.79 Å². The Morgan fingerprint density at radius 1 is 1.30 bits per heavy atom. The van der Waals surface area contributed by atoms with Gasteiger partial charge >= 0.3 is 5.97 Å². The monoisotopic (exact) mass is 314 g/mol. The minimum Gasteiger partial charge on any atom is -0.466 e. The third-order valence-corrected chi connectivity index (χ3v) is 4.71. The molecule has 1 fully saturated rings. The van der Waals surface area contributed by atoms with Crippen molar-refractivity contribution in [3.63, 3.8) is 0 Å². The van der Waals surface area contributed by atoms with Crippen LogP contribution in [0.25, 0.3) is 0 Å². The molecule has 0 heterocycles. The van der Waals surface area contributed by atoms with Crippen LogP contribution in [0.2, 0.25) is 5.02 Å². The van der Waals surface area contributed by atoms with E-state index in [1.165, 1.54) is 6.42 Å². The zero-order valence-electron chi connectivity index (χ0n) is 11.8. The fourth-order valence-corrected chi connectivity index (χ4v) is 3.66. The quantitative estimate of drug-likeness (QED) is 0.587. The molecule has 1 aromatic rings. The van der Waals surface area contributed by atoms with Crippen LogP contribution in [0, 0.1) is 0 Å². The van der Waals surface area contributed by atoms with Crippen LogP contribution in [0.4, 0.5) is 0 Å². The molecule has 0 atom stereocenters. The van der Waals surface area contributed by atoms with Crippen molar-refractivity contribution in [3.05, 3.63) is 34.3 Å². The van der Waals surface area contributed by atoms with Crippen molar-refractivity contribution in [2.45, 2.75) is 50.3 Å². The molecule has 0 amide bonds. The Bertz CT molecular complexity index is 479. The number of benzene rings is 1. The van der Waals surface area contributed by atoms with Gasteiger partial charge in [-0.05, 0) is 37.0 Å². The van der Waals surface area contributed by atoms with E-state index in [1.807, 2.05) is 18.2 Å². The lowest BCUT2D eigenvalue weighted by Gasteiger charge is -2.32. The van der Waals surface area contributed by atoms with Gasteiger partial charge in [-0.15, -0.1) is 11.6 Å². The number of alkyl halides is 1. The van der Waals surface area contributed by atoms with E-state index >= 15 is 0 Å².